The Morgan fingerprint density at radius 2 is 1.69 bits per heavy atom. The van der Waals surface area contributed by atoms with Gasteiger partial charge in [-0.25, -0.2) is 0 Å². The Labute approximate surface area is 157 Å². The first-order valence-corrected chi connectivity index (χ1v) is 9.53. The molecule has 0 fully saturated rings. The molecule has 0 aromatic rings. The highest BCUT2D eigenvalue weighted by Gasteiger charge is 2.46. The molecule has 0 saturated carbocycles. The second-order valence-electron chi connectivity index (χ2n) is 9.37. The van der Waals surface area contributed by atoms with Gasteiger partial charge in [-0.15, -0.1) is 0 Å². The molecule has 26 heavy (non-hydrogen) atoms. The van der Waals surface area contributed by atoms with Gasteiger partial charge >= 0.3 is 5.97 Å². The molecule has 0 heterocycles. The Kier molecular flexibility index (Phi) is 7.60. The van der Waals surface area contributed by atoms with Crippen molar-refractivity contribution in [1.29, 1.82) is 0 Å². The molecule has 0 spiro atoms. The molecule has 1 aliphatic carbocycles. The van der Waals surface area contributed by atoms with E-state index in [9.17, 15) is 19.5 Å². The average Bonchev–Trinajstić information content (AvgIpc) is 2.65. The van der Waals surface area contributed by atoms with Crippen molar-refractivity contribution < 1.29 is 24.2 Å². The number of ketones is 2. The lowest BCUT2D eigenvalue weighted by molar-refractivity contribution is -0.153. The minimum absolute atomic E-state index is 0.0761. The van der Waals surface area contributed by atoms with E-state index in [0.29, 0.717) is 12.3 Å². The van der Waals surface area contributed by atoms with Crippen LogP contribution in [0.25, 0.3) is 0 Å². The van der Waals surface area contributed by atoms with E-state index in [1.807, 2.05) is 48.5 Å². The predicted octanol–water partition coefficient (Wildman–Crippen LogP) is 4.40. The number of Topliss-reactive ketones (excluding diaryl/α,β-unsaturated/α-hetero) is 2. The van der Waals surface area contributed by atoms with Gasteiger partial charge in [-0.2, -0.15) is 0 Å². The number of allylic oxidation sites excluding steroid dienone is 1. The normalized spacial score (nSPS) is 21.0. The van der Waals surface area contributed by atoms with E-state index in [0.717, 1.165) is 6.42 Å². The Balaban J connectivity index is 3.08. The molecule has 5 nitrogen and oxygen atoms in total. The van der Waals surface area contributed by atoms with Gasteiger partial charge < -0.3 is 9.84 Å². The van der Waals surface area contributed by atoms with Crippen molar-refractivity contribution in [3.63, 3.8) is 0 Å². The average molecular weight is 366 g/mol. The van der Waals surface area contributed by atoms with Crippen LogP contribution in [0.2, 0.25) is 0 Å². The molecular weight excluding hydrogens is 332 g/mol. The smallest absolute Gasteiger partial charge is 0.307 e. The van der Waals surface area contributed by atoms with Crippen molar-refractivity contribution >= 4 is 17.5 Å². The van der Waals surface area contributed by atoms with Crippen LogP contribution in [-0.4, -0.2) is 28.7 Å². The minimum atomic E-state index is -1.04. The summed E-state index contributed by atoms with van der Waals surface area (Å²) in [7, 11) is 0. The van der Waals surface area contributed by atoms with Crippen molar-refractivity contribution in [2.24, 2.45) is 23.2 Å². The summed E-state index contributed by atoms with van der Waals surface area (Å²) in [5, 5.41) is 10.5. The molecule has 0 saturated heterocycles. The highest BCUT2D eigenvalue weighted by atomic mass is 16.6. The molecule has 0 bridgehead atoms. The van der Waals surface area contributed by atoms with Gasteiger partial charge in [0.1, 0.15) is 11.3 Å². The first-order chi connectivity index (χ1) is 11.8. The first-order valence-electron chi connectivity index (χ1n) is 9.53. The summed E-state index contributed by atoms with van der Waals surface area (Å²) in [4.78, 5) is 37.5. The Morgan fingerprint density at radius 3 is 2.15 bits per heavy atom. The molecule has 0 aromatic carbocycles. The van der Waals surface area contributed by atoms with Gasteiger partial charge in [0.2, 0.25) is 0 Å². The molecule has 2 atom stereocenters. The number of carbonyl (C=O) groups excluding carboxylic acids is 3. The topological polar surface area (TPSA) is 80.7 Å². The third kappa shape index (κ3) is 6.26. The number of hydrogen-bond acceptors (Lipinski definition) is 5. The molecule has 1 aliphatic rings. The van der Waals surface area contributed by atoms with E-state index in [1.165, 1.54) is 0 Å². The van der Waals surface area contributed by atoms with Crippen LogP contribution in [0, 0.1) is 23.2 Å². The van der Waals surface area contributed by atoms with Gasteiger partial charge in [0.05, 0.1) is 12.3 Å². The molecule has 0 amide bonds. The summed E-state index contributed by atoms with van der Waals surface area (Å²) in [6, 6.07) is 0. The summed E-state index contributed by atoms with van der Waals surface area (Å²) in [5.74, 6) is -1.81. The van der Waals surface area contributed by atoms with E-state index in [1.54, 1.807) is 0 Å². The summed E-state index contributed by atoms with van der Waals surface area (Å²) in [6.07, 6.45) is 0.555. The van der Waals surface area contributed by atoms with E-state index in [2.05, 4.69) is 0 Å². The lowest BCUT2D eigenvalue weighted by Gasteiger charge is -2.23. The van der Waals surface area contributed by atoms with E-state index < -0.39 is 18.0 Å². The highest BCUT2D eigenvalue weighted by Crippen LogP contribution is 2.36. The highest BCUT2D eigenvalue weighted by molar-refractivity contribution is 6.23. The maximum absolute atomic E-state index is 12.8. The molecule has 2 unspecified atom stereocenters. The lowest BCUT2D eigenvalue weighted by atomic mass is 9.90. The van der Waals surface area contributed by atoms with Crippen LogP contribution < -0.4 is 0 Å². The van der Waals surface area contributed by atoms with Crippen LogP contribution in [0.3, 0.4) is 0 Å². The van der Waals surface area contributed by atoms with Gasteiger partial charge in [0.15, 0.2) is 17.7 Å². The van der Waals surface area contributed by atoms with Gasteiger partial charge in [0, 0.05) is 6.42 Å². The zero-order valence-corrected chi connectivity index (χ0v) is 17.2. The number of aliphatic hydroxyl groups excluding tert-OH is 1. The summed E-state index contributed by atoms with van der Waals surface area (Å²) >= 11 is 0. The van der Waals surface area contributed by atoms with Crippen LogP contribution in [0.5, 0.6) is 0 Å². The number of ether oxygens (including phenoxy) is 1. The van der Waals surface area contributed by atoms with Crippen molar-refractivity contribution in [2.75, 3.05) is 0 Å². The van der Waals surface area contributed by atoms with Crippen LogP contribution >= 0.6 is 0 Å². The summed E-state index contributed by atoms with van der Waals surface area (Å²) in [6.45, 7) is 13.6. The third-order valence-electron chi connectivity index (χ3n) is 4.33. The van der Waals surface area contributed by atoms with Crippen LogP contribution in [0.1, 0.15) is 74.1 Å². The number of rotatable bonds is 8. The fraction of sp³-hybridized carbons (Fsp3) is 0.762. The second-order valence-corrected chi connectivity index (χ2v) is 9.37. The summed E-state index contributed by atoms with van der Waals surface area (Å²) < 4.78 is 5.48. The fourth-order valence-corrected chi connectivity index (χ4v) is 3.08. The molecule has 5 heteroatoms. The third-order valence-corrected chi connectivity index (χ3v) is 4.33. The largest absolute Gasteiger partial charge is 0.507 e. The van der Waals surface area contributed by atoms with Gasteiger partial charge in [-0.1, -0.05) is 54.9 Å². The fourth-order valence-electron chi connectivity index (χ4n) is 3.08. The van der Waals surface area contributed by atoms with Crippen molar-refractivity contribution in [1.82, 2.24) is 0 Å². The zero-order valence-electron chi connectivity index (χ0n) is 17.2. The van der Waals surface area contributed by atoms with E-state index in [4.69, 9.17) is 4.74 Å². The first kappa shape index (κ1) is 22.4. The van der Waals surface area contributed by atoms with Crippen molar-refractivity contribution in [3.8, 4) is 0 Å². The minimum Gasteiger partial charge on any atom is -0.507 e. The van der Waals surface area contributed by atoms with Crippen LogP contribution in [0.4, 0.5) is 0 Å². The molecule has 148 valence electrons. The van der Waals surface area contributed by atoms with Gasteiger partial charge in [-0.05, 0) is 23.7 Å². The Bertz CT molecular complexity index is 578. The zero-order chi connectivity index (χ0) is 20.2. The predicted molar refractivity (Wildman–Crippen MR) is 101 cm³/mol. The Morgan fingerprint density at radius 1 is 1.12 bits per heavy atom. The standard InChI is InChI=1S/C21H34O5/c1-12(2)8-9-14-18(24)17(15(22)10-13(3)4)19(25)20(14)26-16(23)11-21(5,6)7/h12-14,20,25H,8-11H2,1-7H3. The lowest BCUT2D eigenvalue weighted by Crippen LogP contribution is -2.30. The molecular formula is C21H34O5. The monoisotopic (exact) mass is 366 g/mol. The number of carbonyl (C=O) groups is 3. The van der Waals surface area contributed by atoms with E-state index >= 15 is 0 Å². The second kappa shape index (κ2) is 8.83. The van der Waals surface area contributed by atoms with E-state index in [-0.39, 0.29) is 47.1 Å². The number of aliphatic hydroxyl groups is 1. The number of hydrogen-bond donors (Lipinski definition) is 1. The van der Waals surface area contributed by atoms with Crippen molar-refractivity contribution in [2.45, 2.75) is 80.3 Å². The molecule has 0 aromatic heterocycles. The maximum atomic E-state index is 12.8. The SMILES string of the molecule is CC(C)CCC1C(=O)C(C(=O)CC(C)C)=C(O)C1OC(=O)CC(C)(C)C. The maximum Gasteiger partial charge on any atom is 0.307 e. The van der Waals surface area contributed by atoms with Crippen LogP contribution in [0.15, 0.2) is 11.3 Å². The van der Waals surface area contributed by atoms with Gasteiger partial charge in [-0.3, -0.25) is 14.4 Å². The molecule has 0 radical (unpaired) electrons. The molecule has 1 rings (SSSR count). The van der Waals surface area contributed by atoms with Gasteiger partial charge in [0.25, 0.3) is 0 Å². The van der Waals surface area contributed by atoms with Crippen molar-refractivity contribution in [3.05, 3.63) is 11.3 Å². The Hall–Kier alpha value is -1.65. The molecule has 0 aliphatic heterocycles. The van der Waals surface area contributed by atoms with Crippen LogP contribution in [-0.2, 0) is 19.1 Å². The molecule has 1 N–H and O–H groups in total. The quantitative estimate of drug-likeness (QED) is 0.509. The number of esters is 1. The summed E-state index contributed by atoms with van der Waals surface area (Å²) in [5.41, 5.74) is -0.427.